The van der Waals surface area contributed by atoms with Gasteiger partial charge in [0.1, 0.15) is 6.61 Å². The van der Waals surface area contributed by atoms with Gasteiger partial charge in [-0.25, -0.2) is 14.3 Å². The first-order valence-corrected chi connectivity index (χ1v) is 6.68. The normalized spacial score (nSPS) is 10.8. The van der Waals surface area contributed by atoms with E-state index in [1.54, 1.807) is 10.6 Å². The summed E-state index contributed by atoms with van der Waals surface area (Å²) in [5.74, 6) is -0.443. The second-order valence-electron chi connectivity index (χ2n) is 4.90. The van der Waals surface area contributed by atoms with E-state index in [-0.39, 0.29) is 12.3 Å². The first kappa shape index (κ1) is 13.3. The zero-order valence-corrected chi connectivity index (χ0v) is 11.9. The van der Waals surface area contributed by atoms with Crippen LogP contribution in [0.2, 0.25) is 0 Å². The van der Waals surface area contributed by atoms with Gasteiger partial charge in [-0.2, -0.15) is 5.10 Å². The van der Waals surface area contributed by atoms with Crippen molar-refractivity contribution in [1.82, 2.24) is 14.6 Å². The van der Waals surface area contributed by atoms with Crippen LogP contribution in [0.15, 0.2) is 42.5 Å². The molecule has 0 atom stereocenters. The van der Waals surface area contributed by atoms with Crippen LogP contribution in [0.25, 0.3) is 5.65 Å². The molecule has 0 bridgehead atoms. The summed E-state index contributed by atoms with van der Waals surface area (Å²) in [6.07, 6.45) is 0. The topological polar surface area (TPSA) is 56.5 Å². The Morgan fingerprint density at radius 3 is 2.71 bits per heavy atom. The highest BCUT2D eigenvalue weighted by atomic mass is 16.5. The summed E-state index contributed by atoms with van der Waals surface area (Å²) < 4.78 is 6.92. The summed E-state index contributed by atoms with van der Waals surface area (Å²) >= 11 is 0. The second kappa shape index (κ2) is 5.36. The number of ether oxygens (including phenoxy) is 1. The van der Waals surface area contributed by atoms with Crippen molar-refractivity contribution in [3.05, 3.63) is 65.1 Å². The third-order valence-electron chi connectivity index (χ3n) is 3.16. The molecule has 3 aromatic rings. The lowest BCUT2D eigenvalue weighted by Crippen LogP contribution is -2.06. The fourth-order valence-electron chi connectivity index (χ4n) is 2.18. The summed E-state index contributed by atoms with van der Waals surface area (Å²) in [5.41, 5.74) is 3.69. The predicted molar refractivity (Wildman–Crippen MR) is 78.0 cm³/mol. The van der Waals surface area contributed by atoms with E-state index in [0.29, 0.717) is 5.65 Å². The van der Waals surface area contributed by atoms with Gasteiger partial charge in [0.2, 0.25) is 0 Å². The number of aryl methyl sites for hydroxylation is 2. The number of hydrogen-bond acceptors (Lipinski definition) is 4. The van der Waals surface area contributed by atoms with Gasteiger partial charge in [-0.05, 0) is 25.5 Å². The minimum atomic E-state index is -0.443. The van der Waals surface area contributed by atoms with Crippen molar-refractivity contribution in [3.63, 3.8) is 0 Å². The molecule has 0 spiro atoms. The Labute approximate surface area is 122 Å². The standard InChI is InChI=1S/C16H15N3O2/c1-11-8-12(2)19-15(17-11)9-14(18-19)16(20)21-10-13-6-4-3-5-7-13/h3-9H,10H2,1-2H3. The average Bonchev–Trinajstić information content (AvgIpc) is 2.90. The van der Waals surface area contributed by atoms with E-state index in [9.17, 15) is 4.79 Å². The molecule has 0 aliphatic carbocycles. The van der Waals surface area contributed by atoms with E-state index in [0.717, 1.165) is 17.0 Å². The van der Waals surface area contributed by atoms with Gasteiger partial charge in [0.15, 0.2) is 11.3 Å². The van der Waals surface area contributed by atoms with E-state index >= 15 is 0 Å². The molecular weight excluding hydrogens is 266 g/mol. The van der Waals surface area contributed by atoms with Crippen LogP contribution in [0.5, 0.6) is 0 Å². The van der Waals surface area contributed by atoms with Crippen molar-refractivity contribution < 1.29 is 9.53 Å². The molecule has 0 aliphatic rings. The van der Waals surface area contributed by atoms with Gasteiger partial charge in [0, 0.05) is 17.5 Å². The molecule has 0 fully saturated rings. The van der Waals surface area contributed by atoms with Crippen molar-refractivity contribution >= 4 is 11.6 Å². The number of esters is 1. The molecule has 2 aromatic heterocycles. The summed E-state index contributed by atoms with van der Waals surface area (Å²) in [5, 5.41) is 4.25. The van der Waals surface area contributed by atoms with Crippen LogP contribution < -0.4 is 0 Å². The van der Waals surface area contributed by atoms with E-state index in [1.807, 2.05) is 50.2 Å². The van der Waals surface area contributed by atoms with Gasteiger partial charge in [-0.3, -0.25) is 0 Å². The maximum absolute atomic E-state index is 12.1. The number of carbonyl (C=O) groups is 1. The van der Waals surface area contributed by atoms with Crippen LogP contribution in [0, 0.1) is 13.8 Å². The van der Waals surface area contributed by atoms with E-state index in [2.05, 4.69) is 10.1 Å². The lowest BCUT2D eigenvalue weighted by molar-refractivity contribution is 0.0465. The number of nitrogens with zero attached hydrogens (tertiary/aromatic N) is 3. The van der Waals surface area contributed by atoms with Gasteiger partial charge in [0.25, 0.3) is 0 Å². The molecule has 0 radical (unpaired) electrons. The summed E-state index contributed by atoms with van der Waals surface area (Å²) in [4.78, 5) is 16.4. The molecule has 5 heteroatoms. The van der Waals surface area contributed by atoms with Crippen LogP contribution in [-0.4, -0.2) is 20.6 Å². The summed E-state index contributed by atoms with van der Waals surface area (Å²) in [6.45, 7) is 4.07. The molecule has 1 aromatic carbocycles. The fraction of sp³-hybridized carbons (Fsp3) is 0.188. The quantitative estimate of drug-likeness (QED) is 0.693. The molecule has 21 heavy (non-hydrogen) atoms. The van der Waals surface area contributed by atoms with Crippen molar-refractivity contribution in [2.75, 3.05) is 0 Å². The van der Waals surface area contributed by atoms with Crippen molar-refractivity contribution in [1.29, 1.82) is 0 Å². The molecular formula is C16H15N3O2. The van der Waals surface area contributed by atoms with Crippen LogP contribution >= 0.6 is 0 Å². The highest BCUT2D eigenvalue weighted by Crippen LogP contribution is 2.11. The Balaban J connectivity index is 1.80. The summed E-state index contributed by atoms with van der Waals surface area (Å²) in [6, 6.07) is 13.1. The van der Waals surface area contributed by atoms with Gasteiger partial charge in [-0.1, -0.05) is 30.3 Å². The van der Waals surface area contributed by atoms with E-state index in [1.165, 1.54) is 0 Å². The molecule has 2 heterocycles. The fourth-order valence-corrected chi connectivity index (χ4v) is 2.18. The second-order valence-corrected chi connectivity index (χ2v) is 4.90. The molecule has 5 nitrogen and oxygen atoms in total. The van der Waals surface area contributed by atoms with Crippen LogP contribution in [0.4, 0.5) is 0 Å². The third-order valence-corrected chi connectivity index (χ3v) is 3.16. The Morgan fingerprint density at radius 1 is 1.19 bits per heavy atom. The summed E-state index contributed by atoms with van der Waals surface area (Å²) in [7, 11) is 0. The van der Waals surface area contributed by atoms with Crippen molar-refractivity contribution in [3.8, 4) is 0 Å². The zero-order chi connectivity index (χ0) is 14.8. The molecule has 0 N–H and O–H groups in total. The van der Waals surface area contributed by atoms with Crippen LogP contribution in [-0.2, 0) is 11.3 Å². The van der Waals surface area contributed by atoms with Gasteiger partial charge in [-0.15, -0.1) is 0 Å². The molecule has 0 amide bonds. The molecule has 0 saturated heterocycles. The maximum atomic E-state index is 12.1. The monoisotopic (exact) mass is 281 g/mol. The molecule has 106 valence electrons. The maximum Gasteiger partial charge on any atom is 0.359 e. The number of rotatable bonds is 3. The Kier molecular flexibility index (Phi) is 3.39. The van der Waals surface area contributed by atoms with Gasteiger partial charge in [0.05, 0.1) is 0 Å². The first-order chi connectivity index (χ1) is 10.1. The molecule has 0 saturated carbocycles. The Hall–Kier alpha value is -2.69. The minimum Gasteiger partial charge on any atom is -0.456 e. The zero-order valence-electron chi connectivity index (χ0n) is 11.9. The van der Waals surface area contributed by atoms with Gasteiger partial charge >= 0.3 is 5.97 Å². The first-order valence-electron chi connectivity index (χ1n) is 6.68. The smallest absolute Gasteiger partial charge is 0.359 e. The van der Waals surface area contributed by atoms with E-state index < -0.39 is 5.97 Å². The van der Waals surface area contributed by atoms with Crippen molar-refractivity contribution in [2.24, 2.45) is 0 Å². The average molecular weight is 281 g/mol. The number of carbonyl (C=O) groups excluding carboxylic acids is 1. The highest BCUT2D eigenvalue weighted by Gasteiger charge is 2.14. The van der Waals surface area contributed by atoms with E-state index in [4.69, 9.17) is 4.74 Å². The molecule has 3 rings (SSSR count). The SMILES string of the molecule is Cc1cc(C)n2nc(C(=O)OCc3ccccc3)cc2n1. The predicted octanol–water partition coefficient (Wildman–Crippen LogP) is 2.70. The van der Waals surface area contributed by atoms with Crippen molar-refractivity contribution in [2.45, 2.75) is 20.5 Å². The Morgan fingerprint density at radius 2 is 1.95 bits per heavy atom. The number of hydrogen-bond donors (Lipinski definition) is 0. The lowest BCUT2D eigenvalue weighted by atomic mass is 10.2. The number of fused-ring (bicyclic) bond motifs is 1. The third kappa shape index (κ3) is 2.76. The number of benzene rings is 1. The van der Waals surface area contributed by atoms with Crippen LogP contribution in [0.3, 0.4) is 0 Å². The van der Waals surface area contributed by atoms with Crippen LogP contribution in [0.1, 0.15) is 27.4 Å². The number of aromatic nitrogens is 3. The minimum absolute atomic E-state index is 0.235. The van der Waals surface area contributed by atoms with Gasteiger partial charge < -0.3 is 4.74 Å². The largest absolute Gasteiger partial charge is 0.456 e. The highest BCUT2D eigenvalue weighted by molar-refractivity contribution is 5.88. The molecule has 0 unspecified atom stereocenters. The molecule has 0 aliphatic heterocycles. The lowest BCUT2D eigenvalue weighted by Gasteiger charge is -2.02. The Bertz CT molecular complexity index is 794.